The van der Waals surface area contributed by atoms with E-state index in [9.17, 15) is 5.11 Å². The first-order chi connectivity index (χ1) is 10.1. The zero-order valence-corrected chi connectivity index (χ0v) is 14.0. The van der Waals surface area contributed by atoms with E-state index in [1.807, 2.05) is 0 Å². The van der Waals surface area contributed by atoms with Gasteiger partial charge in [-0.15, -0.1) is 11.3 Å². The molecule has 0 amide bonds. The number of hydrogen-bond donors (Lipinski definition) is 1. The van der Waals surface area contributed by atoms with Crippen LogP contribution in [-0.4, -0.2) is 39.7 Å². The predicted octanol–water partition coefficient (Wildman–Crippen LogP) is 3.17. The van der Waals surface area contributed by atoms with E-state index >= 15 is 0 Å². The molecule has 2 aromatic heterocycles. The van der Waals surface area contributed by atoms with E-state index in [1.165, 1.54) is 10.4 Å². The highest BCUT2D eigenvalue weighted by Crippen LogP contribution is 2.33. The maximum atomic E-state index is 9.32. The van der Waals surface area contributed by atoms with Gasteiger partial charge in [0.05, 0.1) is 11.9 Å². The van der Waals surface area contributed by atoms with Gasteiger partial charge in [-0.3, -0.25) is 4.90 Å². The zero-order valence-electron chi connectivity index (χ0n) is 12.4. The predicted molar refractivity (Wildman–Crippen MR) is 87.0 cm³/mol. The molecule has 21 heavy (non-hydrogen) atoms. The maximum Gasteiger partial charge on any atom is 0.145 e. The Balaban J connectivity index is 1.84. The van der Waals surface area contributed by atoms with E-state index in [1.54, 1.807) is 11.3 Å². The fraction of sp³-hybridized carbons (Fsp3) is 0.600. The van der Waals surface area contributed by atoms with Crippen molar-refractivity contribution in [3.63, 3.8) is 0 Å². The van der Waals surface area contributed by atoms with Gasteiger partial charge < -0.3 is 5.11 Å². The molecule has 1 atom stereocenters. The van der Waals surface area contributed by atoms with Gasteiger partial charge in [0.2, 0.25) is 0 Å². The molecule has 6 heteroatoms. The van der Waals surface area contributed by atoms with Crippen molar-refractivity contribution in [2.24, 2.45) is 5.92 Å². The second kappa shape index (κ2) is 6.16. The van der Waals surface area contributed by atoms with Crippen LogP contribution in [0.15, 0.2) is 0 Å². The zero-order chi connectivity index (χ0) is 15.0. The van der Waals surface area contributed by atoms with E-state index in [2.05, 4.69) is 28.7 Å². The van der Waals surface area contributed by atoms with E-state index in [0.29, 0.717) is 17.6 Å². The molecule has 0 aliphatic carbocycles. The van der Waals surface area contributed by atoms with Crippen molar-refractivity contribution in [2.75, 3.05) is 19.7 Å². The van der Waals surface area contributed by atoms with Crippen LogP contribution in [0.2, 0.25) is 5.15 Å². The Morgan fingerprint density at radius 1 is 1.38 bits per heavy atom. The molecule has 1 N–H and O–H groups in total. The van der Waals surface area contributed by atoms with Gasteiger partial charge in [-0.2, -0.15) is 0 Å². The number of hydrogen-bond acceptors (Lipinski definition) is 5. The van der Waals surface area contributed by atoms with Gasteiger partial charge in [0.1, 0.15) is 15.8 Å². The van der Waals surface area contributed by atoms with Crippen molar-refractivity contribution in [3.05, 3.63) is 21.4 Å². The van der Waals surface area contributed by atoms with Gasteiger partial charge >= 0.3 is 0 Å². The SMILES string of the molecule is Cc1sc2nc(CN3CCCC(CO)C3)nc(Cl)c2c1C. The fourth-order valence-electron chi connectivity index (χ4n) is 2.96. The van der Waals surface area contributed by atoms with Crippen molar-refractivity contribution in [3.8, 4) is 0 Å². The largest absolute Gasteiger partial charge is 0.396 e. The molecule has 2 aromatic rings. The summed E-state index contributed by atoms with van der Waals surface area (Å²) >= 11 is 8.03. The first-order valence-electron chi connectivity index (χ1n) is 7.33. The summed E-state index contributed by atoms with van der Waals surface area (Å²) in [7, 11) is 0. The van der Waals surface area contributed by atoms with Crippen molar-refractivity contribution < 1.29 is 5.11 Å². The average Bonchev–Trinajstić information content (AvgIpc) is 2.74. The molecular formula is C15H20ClN3OS. The van der Waals surface area contributed by atoms with Crippen LogP contribution in [-0.2, 0) is 6.54 Å². The van der Waals surface area contributed by atoms with E-state index in [-0.39, 0.29) is 6.61 Å². The Morgan fingerprint density at radius 2 is 2.19 bits per heavy atom. The highest BCUT2D eigenvalue weighted by atomic mass is 35.5. The summed E-state index contributed by atoms with van der Waals surface area (Å²) in [6.45, 7) is 7.09. The summed E-state index contributed by atoms with van der Waals surface area (Å²) in [5.74, 6) is 1.16. The Hall–Kier alpha value is -0.750. The van der Waals surface area contributed by atoms with E-state index < -0.39 is 0 Å². The molecule has 4 nitrogen and oxygen atoms in total. The molecule has 1 fully saturated rings. The number of likely N-dealkylation sites (tertiary alicyclic amines) is 1. The van der Waals surface area contributed by atoms with Gasteiger partial charge in [-0.05, 0) is 44.7 Å². The Kier molecular flexibility index (Phi) is 4.45. The number of halogens is 1. The quantitative estimate of drug-likeness (QED) is 0.881. The molecule has 3 heterocycles. The molecular weight excluding hydrogens is 306 g/mol. The van der Waals surface area contributed by atoms with Gasteiger partial charge in [0.15, 0.2) is 0 Å². The minimum absolute atomic E-state index is 0.264. The third-order valence-corrected chi connectivity index (χ3v) is 5.63. The molecule has 3 rings (SSSR count). The van der Waals surface area contributed by atoms with Crippen LogP contribution in [0.3, 0.4) is 0 Å². The fourth-order valence-corrected chi connectivity index (χ4v) is 4.39. The summed E-state index contributed by atoms with van der Waals surface area (Å²) in [5, 5.41) is 10.9. The molecule has 1 aliphatic rings. The lowest BCUT2D eigenvalue weighted by atomic mass is 9.99. The van der Waals surface area contributed by atoms with Crippen LogP contribution in [0.4, 0.5) is 0 Å². The number of rotatable bonds is 3. The summed E-state index contributed by atoms with van der Waals surface area (Å²) < 4.78 is 0. The molecule has 0 spiro atoms. The summed E-state index contributed by atoms with van der Waals surface area (Å²) in [4.78, 5) is 13.7. The van der Waals surface area contributed by atoms with Crippen molar-refractivity contribution in [1.29, 1.82) is 0 Å². The molecule has 1 aliphatic heterocycles. The van der Waals surface area contributed by atoms with E-state index in [4.69, 9.17) is 11.6 Å². The third-order valence-electron chi connectivity index (χ3n) is 4.26. The van der Waals surface area contributed by atoms with Crippen LogP contribution in [0, 0.1) is 19.8 Å². The number of thiophene rings is 1. The number of piperidine rings is 1. The monoisotopic (exact) mass is 325 g/mol. The molecule has 1 saturated heterocycles. The maximum absolute atomic E-state index is 9.32. The number of aromatic nitrogens is 2. The molecule has 0 radical (unpaired) electrons. The van der Waals surface area contributed by atoms with Crippen molar-refractivity contribution in [2.45, 2.75) is 33.2 Å². The van der Waals surface area contributed by atoms with Gasteiger partial charge in [-0.1, -0.05) is 11.6 Å². The second-order valence-electron chi connectivity index (χ2n) is 5.82. The first kappa shape index (κ1) is 15.2. The van der Waals surface area contributed by atoms with Crippen molar-refractivity contribution >= 4 is 33.2 Å². The number of aliphatic hydroxyl groups is 1. The summed E-state index contributed by atoms with van der Waals surface area (Å²) in [5.41, 5.74) is 1.19. The number of fused-ring (bicyclic) bond motifs is 1. The Morgan fingerprint density at radius 3 is 2.95 bits per heavy atom. The first-order valence-corrected chi connectivity index (χ1v) is 8.53. The molecule has 114 valence electrons. The lowest BCUT2D eigenvalue weighted by Gasteiger charge is -2.31. The minimum atomic E-state index is 0.264. The summed E-state index contributed by atoms with van der Waals surface area (Å²) in [6.07, 6.45) is 2.23. The molecule has 1 unspecified atom stereocenters. The minimum Gasteiger partial charge on any atom is -0.396 e. The number of aliphatic hydroxyl groups excluding tert-OH is 1. The molecule has 0 aromatic carbocycles. The number of nitrogens with zero attached hydrogens (tertiary/aromatic N) is 3. The normalized spacial score (nSPS) is 20.3. The van der Waals surface area contributed by atoms with Crippen molar-refractivity contribution in [1.82, 2.24) is 14.9 Å². The third kappa shape index (κ3) is 3.06. The Labute approximate surface area is 133 Å². The van der Waals surface area contributed by atoms with Gasteiger partial charge in [-0.25, -0.2) is 9.97 Å². The van der Waals surface area contributed by atoms with Gasteiger partial charge in [0, 0.05) is 18.0 Å². The van der Waals surface area contributed by atoms with Crippen LogP contribution in [0.5, 0.6) is 0 Å². The average molecular weight is 326 g/mol. The van der Waals surface area contributed by atoms with Crippen LogP contribution in [0.25, 0.3) is 10.2 Å². The number of aryl methyl sites for hydroxylation is 2. The van der Waals surface area contributed by atoms with Crippen LogP contribution in [0.1, 0.15) is 29.1 Å². The lowest BCUT2D eigenvalue weighted by Crippen LogP contribution is -2.36. The van der Waals surface area contributed by atoms with Gasteiger partial charge in [0.25, 0.3) is 0 Å². The summed E-state index contributed by atoms with van der Waals surface area (Å²) in [6, 6.07) is 0. The second-order valence-corrected chi connectivity index (χ2v) is 7.38. The molecule has 0 saturated carbocycles. The molecule has 0 bridgehead atoms. The van der Waals surface area contributed by atoms with Crippen LogP contribution >= 0.6 is 22.9 Å². The topological polar surface area (TPSA) is 49.2 Å². The standard InChI is InChI=1S/C15H20ClN3OS/c1-9-10(2)21-15-13(9)14(16)17-12(18-15)7-19-5-3-4-11(6-19)8-20/h11,20H,3-8H2,1-2H3. The lowest BCUT2D eigenvalue weighted by molar-refractivity contribution is 0.114. The Bertz CT molecular complexity index is 658. The highest BCUT2D eigenvalue weighted by Gasteiger charge is 2.21. The highest BCUT2D eigenvalue weighted by molar-refractivity contribution is 7.18. The van der Waals surface area contributed by atoms with E-state index in [0.717, 1.165) is 42.0 Å². The smallest absolute Gasteiger partial charge is 0.145 e. The van der Waals surface area contributed by atoms with Crippen LogP contribution < -0.4 is 0 Å².